The van der Waals surface area contributed by atoms with Crippen LogP contribution in [0.15, 0.2) is 100 Å². The molecular formula is C27H25N3O4S. The Hall–Kier alpha value is -3.75. The lowest BCUT2D eigenvalue weighted by atomic mass is 10.1. The molecule has 8 heteroatoms. The molecule has 1 amide bonds. The predicted molar refractivity (Wildman–Crippen MR) is 133 cm³/mol. The lowest BCUT2D eigenvalue weighted by molar-refractivity contribution is 0.0642. The first-order chi connectivity index (χ1) is 16.9. The van der Waals surface area contributed by atoms with Crippen molar-refractivity contribution in [1.82, 2.24) is 14.4 Å². The van der Waals surface area contributed by atoms with E-state index >= 15 is 0 Å². The molecule has 0 bridgehead atoms. The van der Waals surface area contributed by atoms with Crippen molar-refractivity contribution in [3.8, 4) is 22.6 Å². The number of sulfonamides is 1. The average molecular weight is 488 g/mol. The topological polar surface area (TPSA) is 83.7 Å². The Morgan fingerprint density at radius 3 is 2.20 bits per heavy atom. The highest BCUT2D eigenvalue weighted by molar-refractivity contribution is 7.89. The van der Waals surface area contributed by atoms with E-state index < -0.39 is 10.0 Å². The van der Waals surface area contributed by atoms with Gasteiger partial charge in [0.1, 0.15) is 5.69 Å². The fourth-order valence-electron chi connectivity index (χ4n) is 4.33. The van der Waals surface area contributed by atoms with Crippen LogP contribution in [-0.2, 0) is 10.0 Å². The van der Waals surface area contributed by atoms with E-state index in [0.717, 1.165) is 11.1 Å². The minimum atomic E-state index is -3.71. The first-order valence-corrected chi connectivity index (χ1v) is 12.9. The summed E-state index contributed by atoms with van der Waals surface area (Å²) in [6.07, 6.45) is 0. The summed E-state index contributed by atoms with van der Waals surface area (Å²) in [7, 11) is -3.71. The van der Waals surface area contributed by atoms with E-state index in [1.807, 2.05) is 61.5 Å². The number of carbonyl (C=O) groups excluding carboxylic acids is 1. The molecule has 178 valence electrons. The Morgan fingerprint density at radius 1 is 0.886 bits per heavy atom. The van der Waals surface area contributed by atoms with Crippen LogP contribution in [0, 0.1) is 0 Å². The molecule has 1 aliphatic heterocycles. The van der Waals surface area contributed by atoms with Crippen LogP contribution in [0.25, 0.3) is 22.6 Å². The Kier molecular flexibility index (Phi) is 6.23. The van der Waals surface area contributed by atoms with Gasteiger partial charge in [-0.2, -0.15) is 4.31 Å². The van der Waals surface area contributed by atoms with Gasteiger partial charge in [0.05, 0.1) is 4.90 Å². The number of carbonyl (C=O) groups is 1. The lowest BCUT2D eigenvalue weighted by Gasteiger charge is -2.39. The number of benzene rings is 3. The van der Waals surface area contributed by atoms with Gasteiger partial charge >= 0.3 is 0 Å². The summed E-state index contributed by atoms with van der Waals surface area (Å²) in [6.45, 7) is 2.75. The van der Waals surface area contributed by atoms with E-state index in [1.165, 1.54) is 4.31 Å². The van der Waals surface area contributed by atoms with Crippen molar-refractivity contribution >= 4 is 15.9 Å². The molecule has 0 N–H and O–H groups in total. The normalized spacial score (nSPS) is 16.8. The third-order valence-corrected chi connectivity index (χ3v) is 8.23. The summed E-state index contributed by atoms with van der Waals surface area (Å²) >= 11 is 0. The van der Waals surface area contributed by atoms with Crippen LogP contribution in [0.1, 0.15) is 17.3 Å². The SMILES string of the molecule is CC1CN(C(=O)c2ccccc2)CCN1S(=O)(=O)c1ccc(-c2cc(-c3ccccc3)no2)cc1. The quantitative estimate of drug-likeness (QED) is 0.413. The summed E-state index contributed by atoms with van der Waals surface area (Å²) in [4.78, 5) is 14.7. The summed E-state index contributed by atoms with van der Waals surface area (Å²) < 4.78 is 33.7. The zero-order chi connectivity index (χ0) is 24.4. The predicted octanol–water partition coefficient (Wildman–Crippen LogP) is 4.54. The second-order valence-corrected chi connectivity index (χ2v) is 10.4. The van der Waals surface area contributed by atoms with Crippen LogP contribution in [0.2, 0.25) is 0 Å². The maximum absolute atomic E-state index is 13.4. The van der Waals surface area contributed by atoms with Gasteiger partial charge in [0.2, 0.25) is 10.0 Å². The maximum atomic E-state index is 13.4. The van der Waals surface area contributed by atoms with Crippen molar-refractivity contribution in [1.29, 1.82) is 0 Å². The Balaban J connectivity index is 1.30. The molecule has 0 aliphatic carbocycles. The van der Waals surface area contributed by atoms with Gasteiger partial charge in [-0.1, -0.05) is 53.7 Å². The monoisotopic (exact) mass is 487 g/mol. The Bertz CT molecular complexity index is 1420. The molecule has 35 heavy (non-hydrogen) atoms. The van der Waals surface area contributed by atoms with Gasteiger partial charge in [0.15, 0.2) is 5.76 Å². The summed E-state index contributed by atoms with van der Waals surface area (Å²) in [6, 6.07) is 26.9. The van der Waals surface area contributed by atoms with Crippen LogP contribution < -0.4 is 0 Å². The molecule has 7 nitrogen and oxygen atoms in total. The summed E-state index contributed by atoms with van der Waals surface area (Å²) in [5.74, 6) is 0.481. The second kappa shape index (κ2) is 9.48. The van der Waals surface area contributed by atoms with Crippen molar-refractivity contribution in [3.05, 3.63) is 96.6 Å². The number of aromatic nitrogens is 1. The highest BCUT2D eigenvalue weighted by Crippen LogP contribution is 2.28. The minimum Gasteiger partial charge on any atom is -0.356 e. The second-order valence-electron chi connectivity index (χ2n) is 8.55. The summed E-state index contributed by atoms with van der Waals surface area (Å²) in [5.41, 5.74) is 3.01. The number of nitrogens with zero attached hydrogens (tertiary/aromatic N) is 3. The number of hydrogen-bond donors (Lipinski definition) is 0. The lowest BCUT2D eigenvalue weighted by Crippen LogP contribution is -2.55. The van der Waals surface area contributed by atoms with Gasteiger partial charge in [0.25, 0.3) is 5.91 Å². The van der Waals surface area contributed by atoms with Crippen LogP contribution in [-0.4, -0.2) is 54.4 Å². The highest BCUT2D eigenvalue weighted by atomic mass is 32.2. The fraction of sp³-hybridized carbons (Fsp3) is 0.185. The molecule has 0 radical (unpaired) electrons. The molecular weight excluding hydrogens is 462 g/mol. The third-order valence-electron chi connectivity index (χ3n) is 6.20. The van der Waals surface area contributed by atoms with Gasteiger partial charge in [-0.25, -0.2) is 8.42 Å². The van der Waals surface area contributed by atoms with E-state index in [0.29, 0.717) is 30.1 Å². The molecule has 0 spiro atoms. The maximum Gasteiger partial charge on any atom is 0.253 e. The molecule has 1 unspecified atom stereocenters. The molecule has 2 heterocycles. The van der Waals surface area contributed by atoms with Crippen LogP contribution in [0.3, 0.4) is 0 Å². The van der Waals surface area contributed by atoms with Crippen molar-refractivity contribution < 1.29 is 17.7 Å². The number of hydrogen-bond acceptors (Lipinski definition) is 5. The van der Waals surface area contributed by atoms with Gasteiger partial charge in [-0.15, -0.1) is 0 Å². The zero-order valence-electron chi connectivity index (χ0n) is 19.2. The van der Waals surface area contributed by atoms with E-state index in [-0.39, 0.29) is 23.4 Å². The van der Waals surface area contributed by atoms with E-state index in [2.05, 4.69) is 5.16 Å². The van der Waals surface area contributed by atoms with Crippen LogP contribution in [0.5, 0.6) is 0 Å². The zero-order valence-corrected chi connectivity index (χ0v) is 20.1. The molecule has 1 aromatic heterocycles. The van der Waals surface area contributed by atoms with E-state index in [1.54, 1.807) is 41.3 Å². The Morgan fingerprint density at radius 2 is 1.54 bits per heavy atom. The van der Waals surface area contributed by atoms with Crippen molar-refractivity contribution in [3.63, 3.8) is 0 Å². The fourth-order valence-corrected chi connectivity index (χ4v) is 5.94. The first-order valence-electron chi connectivity index (χ1n) is 11.4. The molecule has 0 saturated carbocycles. The number of amides is 1. The molecule has 1 saturated heterocycles. The smallest absolute Gasteiger partial charge is 0.253 e. The number of rotatable bonds is 5. The van der Waals surface area contributed by atoms with Crippen molar-refractivity contribution in [2.24, 2.45) is 0 Å². The first kappa shape index (κ1) is 23.0. The van der Waals surface area contributed by atoms with Crippen LogP contribution in [0.4, 0.5) is 0 Å². The molecule has 4 aromatic rings. The molecule has 3 aromatic carbocycles. The molecule has 1 atom stereocenters. The molecule has 1 aliphatic rings. The highest BCUT2D eigenvalue weighted by Gasteiger charge is 2.35. The minimum absolute atomic E-state index is 0.0826. The Labute approximate surface area is 204 Å². The van der Waals surface area contributed by atoms with Crippen LogP contribution >= 0.6 is 0 Å². The largest absolute Gasteiger partial charge is 0.356 e. The van der Waals surface area contributed by atoms with Gasteiger partial charge < -0.3 is 9.42 Å². The standard InChI is InChI=1S/C27H25N3O4S/c1-20-19-29(27(31)23-10-6-3-7-11-23)16-17-30(20)35(32,33)24-14-12-22(13-15-24)26-18-25(28-34-26)21-8-4-2-5-9-21/h2-15,18,20H,16-17,19H2,1H3. The molecule has 5 rings (SSSR count). The van der Waals surface area contributed by atoms with Gasteiger partial charge in [-0.3, -0.25) is 4.79 Å². The van der Waals surface area contributed by atoms with E-state index in [4.69, 9.17) is 4.52 Å². The van der Waals surface area contributed by atoms with Gasteiger partial charge in [-0.05, 0) is 43.3 Å². The summed E-state index contributed by atoms with van der Waals surface area (Å²) in [5, 5.41) is 4.13. The van der Waals surface area contributed by atoms with Crippen molar-refractivity contribution in [2.45, 2.75) is 17.9 Å². The average Bonchev–Trinajstić information content (AvgIpc) is 3.40. The number of piperazine rings is 1. The third kappa shape index (κ3) is 4.62. The van der Waals surface area contributed by atoms with E-state index in [9.17, 15) is 13.2 Å². The van der Waals surface area contributed by atoms with Crippen molar-refractivity contribution in [2.75, 3.05) is 19.6 Å². The van der Waals surface area contributed by atoms with Gasteiger partial charge in [0, 0.05) is 48.4 Å². The molecule has 1 fully saturated rings.